The first-order valence-corrected chi connectivity index (χ1v) is 9.91. The number of benzene rings is 1. The molecule has 0 amide bonds. The van der Waals surface area contributed by atoms with E-state index in [0.717, 1.165) is 15.7 Å². The number of nitrogens with zero attached hydrogens (tertiary/aromatic N) is 6. The van der Waals surface area contributed by atoms with E-state index >= 15 is 0 Å². The second-order valence-corrected chi connectivity index (χ2v) is 7.63. The van der Waals surface area contributed by atoms with E-state index in [9.17, 15) is 9.59 Å². The van der Waals surface area contributed by atoms with Crippen LogP contribution in [0.15, 0.2) is 57.4 Å². The topological polar surface area (TPSA) is 99.1 Å². The van der Waals surface area contributed by atoms with E-state index in [-0.39, 0.29) is 23.7 Å². The molecule has 3 aromatic heterocycles. The summed E-state index contributed by atoms with van der Waals surface area (Å²) in [6.07, 6.45) is 4.90. The highest BCUT2D eigenvalue weighted by Gasteiger charge is 2.20. The van der Waals surface area contributed by atoms with Crippen LogP contribution in [0, 0.1) is 0 Å². The Morgan fingerprint density at radius 2 is 1.84 bits per heavy atom. The van der Waals surface area contributed by atoms with Gasteiger partial charge in [0.15, 0.2) is 11.2 Å². The minimum absolute atomic E-state index is 0.215. The Kier molecular flexibility index (Phi) is 5.62. The summed E-state index contributed by atoms with van der Waals surface area (Å²) in [6.45, 7) is 0.215. The van der Waals surface area contributed by atoms with Gasteiger partial charge in [0.05, 0.1) is 12.8 Å². The number of hydrogen-bond donors (Lipinski definition) is 1. The number of hydrogen-bond acceptors (Lipinski definition) is 6. The molecule has 3 heterocycles. The van der Waals surface area contributed by atoms with Gasteiger partial charge in [-0.1, -0.05) is 29.3 Å². The smallest absolute Gasteiger partial charge is 0.298 e. The van der Waals surface area contributed by atoms with Crippen molar-refractivity contribution in [1.82, 2.24) is 23.7 Å². The predicted octanol–water partition coefficient (Wildman–Crippen LogP) is 2.63. The van der Waals surface area contributed by atoms with Gasteiger partial charge in [-0.15, -0.1) is 0 Å². The van der Waals surface area contributed by atoms with Crippen molar-refractivity contribution >= 4 is 46.5 Å². The Hall–Kier alpha value is -3.43. The summed E-state index contributed by atoms with van der Waals surface area (Å²) >= 11 is 12.4. The van der Waals surface area contributed by atoms with E-state index in [2.05, 4.69) is 20.5 Å². The molecule has 1 aromatic carbocycles. The molecule has 0 aliphatic heterocycles. The zero-order valence-electron chi connectivity index (χ0n) is 16.6. The SMILES string of the molecule is Cn1c(=O)c2c(nc(N/N=C/c3ccncc3)n2Cc2ccc(Cl)cc2Cl)n(C)c1=O. The molecule has 4 rings (SSSR count). The quantitative estimate of drug-likeness (QED) is 0.366. The lowest BCUT2D eigenvalue weighted by Gasteiger charge is -2.11. The maximum atomic E-state index is 12.9. The molecule has 0 spiro atoms. The highest BCUT2D eigenvalue weighted by Crippen LogP contribution is 2.24. The molecule has 0 aliphatic carbocycles. The fraction of sp³-hybridized carbons (Fsp3) is 0.150. The Labute approximate surface area is 186 Å². The average molecular weight is 458 g/mol. The number of aromatic nitrogens is 5. The Bertz CT molecular complexity index is 1420. The van der Waals surface area contributed by atoms with E-state index in [0.29, 0.717) is 10.0 Å². The fourth-order valence-corrected chi connectivity index (χ4v) is 3.59. The van der Waals surface area contributed by atoms with Crippen LogP contribution in [-0.4, -0.2) is 29.9 Å². The van der Waals surface area contributed by atoms with Crippen molar-refractivity contribution in [2.75, 3.05) is 5.43 Å². The number of fused-ring (bicyclic) bond motifs is 1. The lowest BCUT2D eigenvalue weighted by atomic mass is 10.2. The molecule has 4 aromatic rings. The molecule has 1 N–H and O–H groups in total. The lowest BCUT2D eigenvalue weighted by Crippen LogP contribution is -2.37. The van der Waals surface area contributed by atoms with Crippen molar-refractivity contribution in [1.29, 1.82) is 0 Å². The third kappa shape index (κ3) is 3.97. The van der Waals surface area contributed by atoms with E-state index in [4.69, 9.17) is 23.2 Å². The summed E-state index contributed by atoms with van der Waals surface area (Å²) in [4.78, 5) is 33.7. The van der Waals surface area contributed by atoms with Crippen LogP contribution in [0.3, 0.4) is 0 Å². The number of rotatable bonds is 5. The van der Waals surface area contributed by atoms with Crippen LogP contribution in [0.5, 0.6) is 0 Å². The number of halogens is 2. The number of aryl methyl sites for hydroxylation is 1. The maximum Gasteiger partial charge on any atom is 0.332 e. The van der Waals surface area contributed by atoms with E-state index in [1.165, 1.54) is 11.6 Å². The zero-order chi connectivity index (χ0) is 22.1. The van der Waals surface area contributed by atoms with Gasteiger partial charge in [-0.3, -0.25) is 23.5 Å². The summed E-state index contributed by atoms with van der Waals surface area (Å²) in [7, 11) is 2.98. The number of imidazole rings is 1. The number of nitrogens with one attached hydrogen (secondary N) is 1. The minimum Gasteiger partial charge on any atom is -0.298 e. The first-order chi connectivity index (χ1) is 14.9. The van der Waals surface area contributed by atoms with E-state index in [1.54, 1.807) is 60.6 Å². The molecular formula is C20H17Cl2N7O2. The molecule has 0 bridgehead atoms. The average Bonchev–Trinajstić information content (AvgIpc) is 3.12. The largest absolute Gasteiger partial charge is 0.332 e. The Morgan fingerprint density at radius 3 is 2.55 bits per heavy atom. The molecular weight excluding hydrogens is 441 g/mol. The molecule has 0 saturated heterocycles. The molecule has 0 fully saturated rings. The predicted molar refractivity (Wildman–Crippen MR) is 121 cm³/mol. The molecule has 0 atom stereocenters. The molecule has 11 heteroatoms. The van der Waals surface area contributed by atoms with Crippen LogP contribution in [0.2, 0.25) is 10.0 Å². The number of hydrazone groups is 1. The lowest BCUT2D eigenvalue weighted by molar-refractivity contribution is 0.702. The summed E-state index contributed by atoms with van der Waals surface area (Å²) in [5.41, 5.74) is 3.96. The van der Waals surface area contributed by atoms with Gasteiger partial charge in [-0.25, -0.2) is 10.2 Å². The molecule has 0 saturated carbocycles. The standard InChI is InChI=1S/C20H17Cl2N7O2/c1-27-17-16(18(30)28(2)20(27)31)29(11-13-3-4-14(21)9-15(13)22)19(25-17)26-24-10-12-5-7-23-8-6-12/h3-10H,11H2,1-2H3,(H,25,26)/b24-10+. The summed E-state index contributed by atoms with van der Waals surface area (Å²) < 4.78 is 3.98. The van der Waals surface area contributed by atoms with Crippen LogP contribution in [0.25, 0.3) is 11.2 Å². The van der Waals surface area contributed by atoms with Crippen LogP contribution in [0.1, 0.15) is 11.1 Å². The number of pyridine rings is 1. The number of anilines is 1. The van der Waals surface area contributed by atoms with Gasteiger partial charge in [0, 0.05) is 36.5 Å². The monoisotopic (exact) mass is 457 g/mol. The van der Waals surface area contributed by atoms with Gasteiger partial charge in [0.1, 0.15) is 0 Å². The maximum absolute atomic E-state index is 12.9. The summed E-state index contributed by atoms with van der Waals surface area (Å²) in [5, 5.41) is 5.16. The minimum atomic E-state index is -0.474. The fourth-order valence-electron chi connectivity index (χ4n) is 3.12. The van der Waals surface area contributed by atoms with Crippen molar-refractivity contribution in [3.63, 3.8) is 0 Å². The Balaban J connectivity index is 1.86. The van der Waals surface area contributed by atoms with Crippen molar-refractivity contribution < 1.29 is 0 Å². The Morgan fingerprint density at radius 1 is 1.10 bits per heavy atom. The second-order valence-electron chi connectivity index (χ2n) is 6.79. The zero-order valence-corrected chi connectivity index (χ0v) is 18.1. The van der Waals surface area contributed by atoms with Crippen LogP contribution < -0.4 is 16.7 Å². The van der Waals surface area contributed by atoms with Gasteiger partial charge in [-0.2, -0.15) is 10.1 Å². The van der Waals surface area contributed by atoms with Crippen LogP contribution >= 0.6 is 23.2 Å². The first-order valence-electron chi connectivity index (χ1n) is 9.16. The van der Waals surface area contributed by atoms with Gasteiger partial charge < -0.3 is 0 Å². The van der Waals surface area contributed by atoms with Crippen molar-refractivity contribution in [2.45, 2.75) is 6.54 Å². The van der Waals surface area contributed by atoms with Crippen LogP contribution in [-0.2, 0) is 20.6 Å². The van der Waals surface area contributed by atoms with E-state index < -0.39 is 11.2 Å². The van der Waals surface area contributed by atoms with Gasteiger partial charge in [-0.05, 0) is 35.4 Å². The molecule has 0 radical (unpaired) electrons. The molecule has 158 valence electrons. The second kappa shape index (κ2) is 8.37. The molecule has 9 nitrogen and oxygen atoms in total. The van der Waals surface area contributed by atoms with Crippen LogP contribution in [0.4, 0.5) is 5.95 Å². The van der Waals surface area contributed by atoms with Gasteiger partial charge >= 0.3 is 5.69 Å². The third-order valence-electron chi connectivity index (χ3n) is 4.78. The van der Waals surface area contributed by atoms with Gasteiger partial charge in [0.25, 0.3) is 5.56 Å². The molecule has 0 unspecified atom stereocenters. The third-order valence-corrected chi connectivity index (χ3v) is 5.36. The normalized spacial score (nSPS) is 11.5. The van der Waals surface area contributed by atoms with Crippen molar-refractivity contribution in [3.8, 4) is 0 Å². The summed E-state index contributed by atoms with van der Waals surface area (Å²) in [5.74, 6) is 0.282. The van der Waals surface area contributed by atoms with Gasteiger partial charge in [0.2, 0.25) is 5.95 Å². The highest BCUT2D eigenvalue weighted by atomic mass is 35.5. The highest BCUT2D eigenvalue weighted by molar-refractivity contribution is 6.35. The van der Waals surface area contributed by atoms with Crippen molar-refractivity contribution in [3.05, 3.63) is 84.7 Å². The van der Waals surface area contributed by atoms with Crippen molar-refractivity contribution in [2.24, 2.45) is 19.2 Å². The van der Waals surface area contributed by atoms with E-state index in [1.807, 2.05) is 0 Å². The first kappa shape index (κ1) is 20.8. The molecule has 31 heavy (non-hydrogen) atoms. The molecule has 0 aliphatic rings. The summed E-state index contributed by atoms with van der Waals surface area (Å²) in [6, 6.07) is 8.69.